The molecule has 1 saturated carbocycles. The summed E-state index contributed by atoms with van der Waals surface area (Å²) in [6.45, 7) is 19.0. The Balaban J connectivity index is 1.58. The van der Waals surface area contributed by atoms with Gasteiger partial charge in [-0.3, -0.25) is 0 Å². The van der Waals surface area contributed by atoms with E-state index >= 15 is 0 Å². The minimum Gasteiger partial charge on any atom is -0.444 e. The number of carbonyl (C=O) groups excluding carboxylic acids is 3. The molecule has 15 heteroatoms. The molecular formula is C34H52N6O9. The van der Waals surface area contributed by atoms with Gasteiger partial charge in [0, 0.05) is 0 Å². The smallest absolute Gasteiger partial charge is 0.425 e. The largest absolute Gasteiger partial charge is 0.444 e. The molecule has 5 atom stereocenters. The number of carbonyl (C=O) groups is 3. The number of hydrogen-bond acceptors (Lipinski definition) is 12. The number of nitrogens with zero attached hydrogens (tertiary/aromatic N) is 5. The van der Waals surface area contributed by atoms with Crippen LogP contribution in [0, 0.1) is 5.92 Å². The lowest BCUT2D eigenvalue weighted by atomic mass is 9.98. The van der Waals surface area contributed by atoms with Gasteiger partial charge in [0.2, 0.25) is 0 Å². The first-order valence-electron chi connectivity index (χ1n) is 16.6. The average molecular weight is 689 g/mol. The van der Waals surface area contributed by atoms with Crippen molar-refractivity contribution >= 4 is 35.3 Å². The van der Waals surface area contributed by atoms with Gasteiger partial charge in [0.1, 0.15) is 29.2 Å². The molecule has 1 aliphatic carbocycles. The van der Waals surface area contributed by atoms with Crippen molar-refractivity contribution in [1.82, 2.24) is 24.8 Å². The number of alkyl carbamates (subject to hydrolysis) is 1. The van der Waals surface area contributed by atoms with Gasteiger partial charge in [0.05, 0.1) is 31.1 Å². The molecular weight excluding hydrogens is 636 g/mol. The Labute approximate surface area is 287 Å². The van der Waals surface area contributed by atoms with Crippen LogP contribution in [0.25, 0.3) is 11.2 Å². The molecule has 3 amide bonds. The summed E-state index contributed by atoms with van der Waals surface area (Å²) >= 11 is 0. The van der Waals surface area contributed by atoms with Crippen molar-refractivity contribution in [2.75, 3.05) is 11.5 Å². The van der Waals surface area contributed by atoms with E-state index < -0.39 is 46.9 Å². The number of nitrogens with one attached hydrogen (secondary N) is 1. The molecule has 0 bridgehead atoms. The van der Waals surface area contributed by atoms with E-state index in [-0.39, 0.29) is 42.1 Å². The van der Waals surface area contributed by atoms with Gasteiger partial charge in [-0.15, -0.1) is 0 Å². The van der Waals surface area contributed by atoms with Crippen LogP contribution in [0.4, 0.5) is 20.2 Å². The Bertz CT molecular complexity index is 1510. The summed E-state index contributed by atoms with van der Waals surface area (Å²) < 4.78 is 31.1. The molecule has 1 saturated heterocycles. The number of allylic oxidation sites excluding steroid dienone is 1. The van der Waals surface area contributed by atoms with E-state index in [2.05, 4.69) is 20.3 Å². The summed E-state index contributed by atoms with van der Waals surface area (Å²) in [6, 6.07) is -0.819. The molecule has 49 heavy (non-hydrogen) atoms. The highest BCUT2D eigenvalue weighted by molar-refractivity contribution is 6.12. The molecule has 2 fully saturated rings. The van der Waals surface area contributed by atoms with Gasteiger partial charge in [0.15, 0.2) is 22.8 Å². The number of fused-ring (bicyclic) bond motifs is 2. The molecule has 2 aromatic rings. The van der Waals surface area contributed by atoms with Crippen molar-refractivity contribution in [3.8, 4) is 0 Å². The Kier molecular flexibility index (Phi) is 11.0. The maximum absolute atomic E-state index is 13.4. The monoisotopic (exact) mass is 688 g/mol. The fourth-order valence-corrected chi connectivity index (χ4v) is 5.90. The lowest BCUT2D eigenvalue weighted by Gasteiger charge is -2.28. The first-order chi connectivity index (χ1) is 22.6. The molecule has 0 unspecified atom stereocenters. The lowest BCUT2D eigenvalue weighted by molar-refractivity contribution is -0.160. The zero-order chi connectivity index (χ0) is 36.5. The molecule has 3 heterocycles. The SMILES string of the molecule is CC(C)(C)OC(=O)N[C@@H](/C=C/CC[C@H]1C[C@@H](n2cnc3c(N(C(=O)OC(C)(C)C)C(=O)OC(C)(C)C)ncnc32)[C@@H]2OC(C)(C)O[C@H]12)CO. The molecule has 15 nitrogen and oxygen atoms in total. The van der Waals surface area contributed by atoms with Crippen LogP contribution in [-0.2, 0) is 23.7 Å². The highest BCUT2D eigenvalue weighted by Gasteiger charge is 2.54. The Hall–Kier alpha value is -3.82. The first-order valence-corrected chi connectivity index (χ1v) is 16.6. The zero-order valence-electron chi connectivity index (χ0n) is 30.5. The summed E-state index contributed by atoms with van der Waals surface area (Å²) in [5.74, 6) is -0.792. The second-order valence-corrected chi connectivity index (χ2v) is 15.9. The second kappa shape index (κ2) is 14.2. The predicted octanol–water partition coefficient (Wildman–Crippen LogP) is 5.81. The standard InChI is InChI=1S/C34H52N6O9/c1-31(2,3)47-28(42)38-21(17-41)15-13-12-14-20-16-22(25-24(20)45-34(10,11)46-25)39-19-37-23-26(39)35-18-36-27(23)40(29(43)48-32(4,5)6)30(44)49-33(7,8)9/h13,15,18-22,24-25,41H,12,14,16-17H2,1-11H3,(H,38,42)/b15-13+/t20-,21-,22+,24+,25-/m0/s1. The molecule has 0 spiro atoms. The Morgan fingerprint density at radius 2 is 1.57 bits per heavy atom. The van der Waals surface area contributed by atoms with Crippen LogP contribution < -0.4 is 10.2 Å². The molecule has 0 aromatic carbocycles. The van der Waals surface area contributed by atoms with E-state index in [0.29, 0.717) is 18.5 Å². The van der Waals surface area contributed by atoms with Crippen LogP contribution in [0.5, 0.6) is 0 Å². The third-order valence-electron chi connectivity index (χ3n) is 7.58. The second-order valence-electron chi connectivity index (χ2n) is 15.9. The van der Waals surface area contributed by atoms with E-state index in [4.69, 9.17) is 23.7 Å². The number of aliphatic hydroxyl groups excluding tert-OH is 1. The van der Waals surface area contributed by atoms with E-state index in [1.165, 1.54) is 6.33 Å². The Morgan fingerprint density at radius 3 is 2.14 bits per heavy atom. The molecule has 0 radical (unpaired) electrons. The third kappa shape index (κ3) is 9.88. The molecule has 2 aliphatic rings. The first kappa shape index (κ1) is 38.0. The van der Waals surface area contributed by atoms with Crippen molar-refractivity contribution in [3.63, 3.8) is 0 Å². The number of anilines is 1. The zero-order valence-corrected chi connectivity index (χ0v) is 30.5. The van der Waals surface area contributed by atoms with Crippen LogP contribution in [0.15, 0.2) is 24.8 Å². The van der Waals surface area contributed by atoms with E-state index in [0.717, 1.165) is 11.3 Å². The lowest BCUT2D eigenvalue weighted by Crippen LogP contribution is -2.44. The number of rotatable bonds is 8. The number of amides is 3. The average Bonchev–Trinajstić information content (AvgIpc) is 3.58. The van der Waals surface area contributed by atoms with Crippen molar-refractivity contribution < 1.29 is 43.2 Å². The van der Waals surface area contributed by atoms with Crippen molar-refractivity contribution in [2.24, 2.45) is 5.92 Å². The predicted molar refractivity (Wildman–Crippen MR) is 180 cm³/mol. The number of imidazole rings is 1. The van der Waals surface area contributed by atoms with Crippen molar-refractivity contribution in [1.29, 1.82) is 0 Å². The quantitative estimate of drug-likeness (QED) is 0.252. The van der Waals surface area contributed by atoms with E-state index in [1.807, 2.05) is 24.5 Å². The summed E-state index contributed by atoms with van der Waals surface area (Å²) in [7, 11) is 0. The van der Waals surface area contributed by atoms with Crippen molar-refractivity contribution in [2.45, 2.75) is 142 Å². The number of aliphatic hydroxyl groups is 1. The van der Waals surface area contributed by atoms with Crippen LogP contribution in [0.1, 0.15) is 101 Å². The maximum atomic E-state index is 13.4. The van der Waals surface area contributed by atoms with E-state index in [1.54, 1.807) is 74.7 Å². The highest BCUT2D eigenvalue weighted by atomic mass is 16.8. The highest BCUT2D eigenvalue weighted by Crippen LogP contribution is 2.49. The fraction of sp³-hybridized carbons (Fsp3) is 0.706. The van der Waals surface area contributed by atoms with Gasteiger partial charge in [-0.05, 0) is 101 Å². The van der Waals surface area contributed by atoms with Gasteiger partial charge < -0.3 is 38.7 Å². The minimum atomic E-state index is -0.954. The topological polar surface area (TPSA) is 176 Å². The molecule has 1 aliphatic heterocycles. The number of ether oxygens (including phenoxy) is 5. The summed E-state index contributed by atoms with van der Waals surface area (Å²) in [4.78, 5) is 53.0. The van der Waals surface area contributed by atoms with Crippen LogP contribution in [0.2, 0.25) is 0 Å². The summed E-state index contributed by atoms with van der Waals surface area (Å²) in [5, 5.41) is 12.4. The number of aromatic nitrogens is 4. The van der Waals surface area contributed by atoms with Gasteiger partial charge >= 0.3 is 18.3 Å². The summed E-state index contributed by atoms with van der Waals surface area (Å²) in [6.07, 6.45) is 5.58. The Morgan fingerprint density at radius 1 is 0.980 bits per heavy atom. The van der Waals surface area contributed by atoms with Gasteiger partial charge in [0.25, 0.3) is 0 Å². The van der Waals surface area contributed by atoms with Crippen LogP contribution in [-0.4, -0.2) is 90.4 Å². The van der Waals surface area contributed by atoms with Gasteiger partial charge in [-0.2, -0.15) is 4.90 Å². The van der Waals surface area contributed by atoms with Gasteiger partial charge in [-0.25, -0.2) is 29.3 Å². The van der Waals surface area contributed by atoms with Crippen molar-refractivity contribution in [3.05, 3.63) is 24.8 Å². The molecule has 272 valence electrons. The third-order valence-corrected chi connectivity index (χ3v) is 7.58. The molecule has 2 N–H and O–H groups in total. The van der Waals surface area contributed by atoms with Crippen LogP contribution in [0.3, 0.4) is 0 Å². The summed E-state index contributed by atoms with van der Waals surface area (Å²) in [5.41, 5.74) is -1.82. The maximum Gasteiger partial charge on any atom is 0.425 e. The fourth-order valence-electron chi connectivity index (χ4n) is 5.90. The number of hydrogen-bond donors (Lipinski definition) is 2. The van der Waals surface area contributed by atoms with Gasteiger partial charge in [-0.1, -0.05) is 12.2 Å². The normalized spacial score (nSPS) is 22.9. The van der Waals surface area contributed by atoms with Crippen LogP contribution >= 0.6 is 0 Å². The molecule has 4 rings (SSSR count). The minimum absolute atomic E-state index is 0.0640. The molecule has 2 aromatic heterocycles. The van der Waals surface area contributed by atoms with E-state index in [9.17, 15) is 19.5 Å². The number of imide groups is 1.